The van der Waals surface area contributed by atoms with E-state index in [1.54, 1.807) is 0 Å². The summed E-state index contributed by atoms with van der Waals surface area (Å²) < 4.78 is 29.3. The minimum absolute atomic E-state index is 0. The van der Waals surface area contributed by atoms with E-state index in [9.17, 15) is 13.2 Å². The van der Waals surface area contributed by atoms with Crippen LogP contribution in [0.4, 0.5) is 10.5 Å². The fourth-order valence-electron chi connectivity index (χ4n) is 6.22. The molecule has 9 nitrogen and oxygen atoms in total. The van der Waals surface area contributed by atoms with Crippen LogP contribution in [0.3, 0.4) is 0 Å². The molecule has 2 atom stereocenters. The predicted molar refractivity (Wildman–Crippen MR) is 164 cm³/mol. The summed E-state index contributed by atoms with van der Waals surface area (Å²) >= 11 is 0. The van der Waals surface area contributed by atoms with E-state index in [-0.39, 0.29) is 30.9 Å². The van der Waals surface area contributed by atoms with E-state index in [1.807, 2.05) is 0 Å². The Balaban J connectivity index is 0.000000416. The number of fused-ring (bicyclic) bond motifs is 2. The van der Waals surface area contributed by atoms with Gasteiger partial charge in [-0.25, -0.2) is 9.52 Å². The number of halogens is 2. The topological polar surface area (TPSA) is 120 Å². The van der Waals surface area contributed by atoms with Crippen molar-refractivity contribution in [1.82, 2.24) is 19.2 Å². The summed E-state index contributed by atoms with van der Waals surface area (Å²) in [6.07, 6.45) is 8.39. The zero-order chi connectivity index (χ0) is 26.7. The van der Waals surface area contributed by atoms with E-state index in [4.69, 9.17) is 5.73 Å². The third kappa shape index (κ3) is 8.21. The smallest absolute Gasteiger partial charge is 0.329 e. The Morgan fingerprint density at radius 3 is 1.85 bits per heavy atom. The molecule has 1 aromatic rings. The lowest BCUT2D eigenvalue weighted by atomic mass is 9.99. The highest BCUT2D eigenvalue weighted by Gasteiger charge is 2.31. The van der Waals surface area contributed by atoms with Crippen LogP contribution in [0.5, 0.6) is 0 Å². The van der Waals surface area contributed by atoms with Gasteiger partial charge in [-0.1, -0.05) is 6.07 Å². The number of likely N-dealkylation sites (tertiary alicyclic amines) is 2. The van der Waals surface area contributed by atoms with Crippen molar-refractivity contribution in [3.63, 3.8) is 0 Å². The Morgan fingerprint density at radius 1 is 0.923 bits per heavy atom. The quantitative estimate of drug-likeness (QED) is 0.360. The first-order chi connectivity index (χ1) is 17.6. The van der Waals surface area contributed by atoms with Crippen LogP contribution in [0.25, 0.3) is 0 Å². The van der Waals surface area contributed by atoms with Gasteiger partial charge in [-0.3, -0.25) is 9.80 Å². The van der Waals surface area contributed by atoms with Gasteiger partial charge in [0.2, 0.25) is 0 Å². The molecule has 2 heterocycles. The average molecular weight is 608 g/mol. The third-order valence-corrected chi connectivity index (χ3v) is 9.43. The van der Waals surface area contributed by atoms with Gasteiger partial charge in [0.25, 0.3) is 0 Å². The summed E-state index contributed by atoms with van der Waals surface area (Å²) in [5.74, 6) is 0. The number of urea groups is 1. The first kappa shape index (κ1) is 34.1. The summed E-state index contributed by atoms with van der Waals surface area (Å²) in [5.41, 5.74) is 11.3. The van der Waals surface area contributed by atoms with Gasteiger partial charge in [-0.15, -0.1) is 24.8 Å². The maximum atomic E-state index is 12.5. The van der Waals surface area contributed by atoms with Gasteiger partial charge >= 0.3 is 16.2 Å². The van der Waals surface area contributed by atoms with Crippen molar-refractivity contribution < 1.29 is 13.2 Å². The molecule has 1 aromatic carbocycles. The molecule has 4 aliphatic rings. The Kier molecular flexibility index (Phi) is 12.8. The molecule has 0 bridgehead atoms. The number of carbonyl (C=O) groups excluding carboxylic acids is 1. The average Bonchev–Trinajstić information content (AvgIpc) is 3.41. The largest absolute Gasteiger partial charge is 0.333 e. The molecular formula is C27H48Cl2N6O3S. The fraction of sp³-hybridized carbons (Fsp3) is 0.741. The molecular weight excluding hydrogens is 559 g/mol. The molecule has 2 fully saturated rings. The molecule has 12 heteroatoms. The summed E-state index contributed by atoms with van der Waals surface area (Å²) in [5, 5.41) is 2.86. The molecule has 2 aliphatic heterocycles. The normalized spacial score (nSPS) is 21.9. The summed E-state index contributed by atoms with van der Waals surface area (Å²) in [4.78, 5) is 17.2. The summed E-state index contributed by atoms with van der Waals surface area (Å²) in [7, 11) is -3.89. The molecule has 2 amide bonds. The standard InChI is InChI=1S/C20H30N4O3S.C7H16N2.2ClH/c1-13(2)24-10-9-16(24)12-21-28(26,27)23-20(25)22-19-17-7-3-5-14(17)11-15-6-4-8-18(15)19;1-6(2)9-4-3-7(9)5-8;;/h11,13,16,21H,3-10,12H2,1-2H3,(H2,22,23,25);6-7H,3-5,8H2,1-2H3;2*1H. The Labute approximate surface area is 247 Å². The second-order valence-corrected chi connectivity index (χ2v) is 12.9. The van der Waals surface area contributed by atoms with E-state index < -0.39 is 16.2 Å². The number of aryl methyl sites for hydroxylation is 2. The van der Waals surface area contributed by atoms with Crippen molar-refractivity contribution in [2.45, 2.75) is 103 Å². The Morgan fingerprint density at radius 2 is 1.44 bits per heavy atom. The van der Waals surface area contributed by atoms with Crippen molar-refractivity contribution in [2.75, 3.05) is 31.5 Å². The zero-order valence-corrected chi connectivity index (χ0v) is 26.2. The number of carbonyl (C=O) groups is 1. The molecule has 0 aromatic heterocycles. The SMILES string of the molecule is CC(C)N1CCC1CN.CC(C)N1CCC1CNS(=O)(=O)NC(=O)Nc1c2c(cc3c1CCC3)CCC2.Cl.Cl. The molecule has 224 valence electrons. The van der Waals surface area contributed by atoms with Crippen molar-refractivity contribution in [3.8, 4) is 0 Å². The van der Waals surface area contributed by atoms with E-state index in [0.717, 1.165) is 63.7 Å². The van der Waals surface area contributed by atoms with Crippen LogP contribution in [-0.4, -0.2) is 74.6 Å². The van der Waals surface area contributed by atoms with Gasteiger partial charge in [0.1, 0.15) is 0 Å². The van der Waals surface area contributed by atoms with Crippen LogP contribution in [0.2, 0.25) is 0 Å². The second-order valence-electron chi connectivity index (χ2n) is 11.4. The van der Waals surface area contributed by atoms with Gasteiger partial charge in [0, 0.05) is 56.0 Å². The van der Waals surface area contributed by atoms with Crippen LogP contribution >= 0.6 is 24.8 Å². The summed E-state index contributed by atoms with van der Waals surface area (Å²) in [6, 6.07) is 3.56. The van der Waals surface area contributed by atoms with Crippen LogP contribution in [0.15, 0.2) is 6.07 Å². The molecule has 0 saturated carbocycles. The molecule has 0 radical (unpaired) electrons. The van der Waals surface area contributed by atoms with E-state index in [2.05, 4.69) is 58.3 Å². The van der Waals surface area contributed by atoms with Crippen molar-refractivity contribution in [2.24, 2.45) is 5.73 Å². The number of rotatable bonds is 8. The minimum atomic E-state index is -3.89. The van der Waals surface area contributed by atoms with Crippen LogP contribution in [-0.2, 0) is 35.9 Å². The highest BCUT2D eigenvalue weighted by Crippen LogP contribution is 2.38. The van der Waals surface area contributed by atoms with E-state index >= 15 is 0 Å². The van der Waals surface area contributed by atoms with E-state index in [0.29, 0.717) is 24.7 Å². The summed E-state index contributed by atoms with van der Waals surface area (Å²) in [6.45, 7) is 12.0. The number of nitrogens with zero attached hydrogens (tertiary/aromatic N) is 2. The third-order valence-electron chi connectivity index (χ3n) is 8.43. The highest BCUT2D eigenvalue weighted by atomic mass is 35.5. The van der Waals surface area contributed by atoms with Crippen molar-refractivity contribution >= 4 is 46.7 Å². The number of hydrogen-bond donors (Lipinski definition) is 4. The van der Waals surface area contributed by atoms with Crippen LogP contribution in [0, 0.1) is 0 Å². The lowest BCUT2D eigenvalue weighted by Gasteiger charge is -2.43. The Hall–Kier alpha value is -1.14. The molecule has 0 spiro atoms. The highest BCUT2D eigenvalue weighted by molar-refractivity contribution is 7.88. The first-order valence-electron chi connectivity index (χ1n) is 14.1. The van der Waals surface area contributed by atoms with Gasteiger partial charge in [-0.05, 0) is 101 Å². The van der Waals surface area contributed by atoms with E-state index in [1.165, 1.54) is 35.2 Å². The Bertz CT molecular complexity index is 1050. The maximum Gasteiger partial charge on any atom is 0.333 e. The van der Waals surface area contributed by atoms with Gasteiger partial charge in [0.15, 0.2) is 0 Å². The van der Waals surface area contributed by atoms with Gasteiger partial charge in [-0.2, -0.15) is 13.1 Å². The first-order valence-corrected chi connectivity index (χ1v) is 15.5. The maximum absolute atomic E-state index is 12.5. The lowest BCUT2D eigenvalue weighted by molar-refractivity contribution is 0.0600. The van der Waals surface area contributed by atoms with Crippen LogP contribution in [0.1, 0.15) is 75.6 Å². The second kappa shape index (κ2) is 14.7. The number of anilines is 1. The zero-order valence-electron chi connectivity index (χ0n) is 23.8. The molecule has 2 aliphatic carbocycles. The van der Waals surface area contributed by atoms with Gasteiger partial charge < -0.3 is 11.1 Å². The number of amides is 2. The molecule has 5 N–H and O–H groups in total. The van der Waals surface area contributed by atoms with Crippen molar-refractivity contribution in [3.05, 3.63) is 28.3 Å². The predicted octanol–water partition coefficient (Wildman–Crippen LogP) is 3.37. The monoisotopic (exact) mass is 606 g/mol. The fourth-order valence-corrected chi connectivity index (χ4v) is 7.00. The lowest BCUT2D eigenvalue weighted by Crippen LogP contribution is -2.57. The molecule has 2 unspecified atom stereocenters. The van der Waals surface area contributed by atoms with Crippen LogP contribution < -0.4 is 20.5 Å². The molecule has 5 rings (SSSR count). The molecule has 39 heavy (non-hydrogen) atoms. The number of nitrogens with one attached hydrogen (secondary N) is 3. The van der Waals surface area contributed by atoms with Gasteiger partial charge in [0.05, 0.1) is 0 Å². The number of nitrogens with two attached hydrogens (primary N) is 1. The molecule has 2 saturated heterocycles. The minimum Gasteiger partial charge on any atom is -0.329 e. The van der Waals surface area contributed by atoms with Crippen molar-refractivity contribution in [1.29, 1.82) is 0 Å². The number of benzene rings is 1. The number of hydrogen-bond acceptors (Lipinski definition) is 6.